The fourth-order valence-electron chi connectivity index (χ4n) is 4.15. The number of primary sulfonamides is 1. The molecule has 1 amide bonds. The second-order valence-corrected chi connectivity index (χ2v) is 11.4. The average molecular weight is 490 g/mol. The third-order valence-corrected chi connectivity index (χ3v) is 8.78. The molecule has 12 heteroatoms. The van der Waals surface area contributed by atoms with Crippen LogP contribution in [0.5, 0.6) is 0 Å². The van der Waals surface area contributed by atoms with Crippen LogP contribution in [0, 0.1) is 11.3 Å². The molecule has 0 bridgehead atoms. The zero-order chi connectivity index (χ0) is 23.8. The molecule has 10 nitrogen and oxygen atoms in total. The SMILES string of the molecule is N#Cc1ccccc1S(=O)(=O)N1CCN(C(=O)CN2CCc3cc(S(N)(=O)=O)ccc32)CC1. The number of nitriles is 1. The van der Waals surface area contributed by atoms with Crippen molar-refractivity contribution in [3.63, 3.8) is 0 Å². The van der Waals surface area contributed by atoms with Gasteiger partial charge in [-0.1, -0.05) is 12.1 Å². The molecule has 0 atom stereocenters. The predicted octanol–water partition coefficient (Wildman–Crippen LogP) is 0.101. The van der Waals surface area contributed by atoms with Crippen LogP contribution in [0.15, 0.2) is 52.3 Å². The summed E-state index contributed by atoms with van der Waals surface area (Å²) in [6.07, 6.45) is 0.607. The molecular formula is C21H23N5O5S2. The Morgan fingerprint density at radius 3 is 2.36 bits per heavy atom. The molecule has 2 aliphatic rings. The van der Waals surface area contributed by atoms with Crippen LogP contribution >= 0.6 is 0 Å². The molecule has 0 aromatic heterocycles. The van der Waals surface area contributed by atoms with E-state index in [4.69, 9.17) is 5.14 Å². The first-order valence-electron chi connectivity index (χ1n) is 10.3. The molecule has 2 aromatic rings. The van der Waals surface area contributed by atoms with E-state index in [1.807, 2.05) is 11.0 Å². The molecule has 1 fully saturated rings. The van der Waals surface area contributed by atoms with Crippen LogP contribution in [0.1, 0.15) is 11.1 Å². The number of fused-ring (bicyclic) bond motifs is 1. The maximum atomic E-state index is 13.0. The van der Waals surface area contributed by atoms with E-state index in [0.29, 0.717) is 13.0 Å². The summed E-state index contributed by atoms with van der Waals surface area (Å²) in [7, 11) is -7.62. The lowest BCUT2D eigenvalue weighted by Crippen LogP contribution is -2.52. The quantitative estimate of drug-likeness (QED) is 0.627. The van der Waals surface area contributed by atoms with Gasteiger partial charge in [-0.25, -0.2) is 22.0 Å². The van der Waals surface area contributed by atoms with Gasteiger partial charge in [-0.2, -0.15) is 9.57 Å². The minimum Gasteiger partial charge on any atom is -0.362 e. The third kappa shape index (κ3) is 4.58. The van der Waals surface area contributed by atoms with Gasteiger partial charge in [0, 0.05) is 38.4 Å². The van der Waals surface area contributed by atoms with E-state index in [0.717, 1.165) is 11.3 Å². The standard InChI is InChI=1S/C21H23N5O5S2/c22-14-17-3-1-2-4-20(17)33(30,31)26-11-9-24(10-12-26)21(27)15-25-8-7-16-13-18(32(23,28)29)5-6-19(16)25/h1-6,13H,7-12,15H2,(H2,23,28,29). The number of nitrogens with two attached hydrogens (primary N) is 1. The number of piperazine rings is 1. The first-order chi connectivity index (χ1) is 15.6. The van der Waals surface area contributed by atoms with Gasteiger partial charge in [-0.05, 0) is 42.3 Å². The topological polar surface area (TPSA) is 145 Å². The Balaban J connectivity index is 1.40. The highest BCUT2D eigenvalue weighted by molar-refractivity contribution is 7.89. The van der Waals surface area contributed by atoms with E-state index < -0.39 is 20.0 Å². The van der Waals surface area contributed by atoms with Crippen molar-refractivity contribution in [2.24, 2.45) is 5.14 Å². The van der Waals surface area contributed by atoms with Crippen molar-refractivity contribution >= 4 is 31.6 Å². The van der Waals surface area contributed by atoms with Gasteiger partial charge in [0.15, 0.2) is 0 Å². The molecule has 4 rings (SSSR count). The number of hydrogen-bond donors (Lipinski definition) is 1. The number of sulfonamides is 2. The minimum absolute atomic E-state index is 0.0280. The highest BCUT2D eigenvalue weighted by Crippen LogP contribution is 2.30. The van der Waals surface area contributed by atoms with Crippen molar-refractivity contribution in [1.82, 2.24) is 9.21 Å². The minimum atomic E-state index is -3.83. The highest BCUT2D eigenvalue weighted by atomic mass is 32.2. The van der Waals surface area contributed by atoms with Gasteiger partial charge in [0.1, 0.15) is 6.07 Å². The van der Waals surface area contributed by atoms with Crippen molar-refractivity contribution < 1.29 is 21.6 Å². The Morgan fingerprint density at radius 1 is 1.00 bits per heavy atom. The van der Waals surface area contributed by atoms with Crippen molar-refractivity contribution in [1.29, 1.82) is 5.26 Å². The average Bonchev–Trinajstić information content (AvgIpc) is 3.20. The molecule has 174 valence electrons. The van der Waals surface area contributed by atoms with Crippen molar-refractivity contribution in [3.05, 3.63) is 53.6 Å². The second-order valence-electron chi connectivity index (χ2n) is 7.90. The normalized spacial score (nSPS) is 17.0. The summed E-state index contributed by atoms with van der Waals surface area (Å²) in [5, 5.41) is 14.4. The molecule has 2 aromatic carbocycles. The van der Waals surface area contributed by atoms with Gasteiger partial charge in [0.05, 0.1) is 21.9 Å². The van der Waals surface area contributed by atoms with E-state index in [1.165, 1.54) is 28.6 Å². The maximum Gasteiger partial charge on any atom is 0.244 e. The van der Waals surface area contributed by atoms with Crippen LogP contribution in [0.3, 0.4) is 0 Å². The number of benzene rings is 2. The number of rotatable bonds is 5. The molecule has 0 radical (unpaired) electrons. The number of carbonyl (C=O) groups excluding carboxylic acids is 1. The first kappa shape index (κ1) is 23.2. The number of nitrogens with zero attached hydrogens (tertiary/aromatic N) is 4. The molecule has 2 N–H and O–H groups in total. The van der Waals surface area contributed by atoms with E-state index in [9.17, 15) is 26.9 Å². The van der Waals surface area contributed by atoms with Crippen LogP contribution in [0.4, 0.5) is 5.69 Å². The maximum absolute atomic E-state index is 13.0. The summed E-state index contributed by atoms with van der Waals surface area (Å²) < 4.78 is 50.4. The van der Waals surface area contributed by atoms with Gasteiger partial charge in [-0.3, -0.25) is 4.79 Å². The highest BCUT2D eigenvalue weighted by Gasteiger charge is 2.32. The lowest BCUT2D eigenvalue weighted by Gasteiger charge is -2.35. The van der Waals surface area contributed by atoms with E-state index >= 15 is 0 Å². The molecule has 0 saturated carbocycles. The molecule has 0 spiro atoms. The molecule has 33 heavy (non-hydrogen) atoms. The second kappa shape index (κ2) is 8.75. The Morgan fingerprint density at radius 2 is 1.70 bits per heavy atom. The molecule has 2 aliphatic heterocycles. The van der Waals surface area contributed by atoms with Crippen LogP contribution in [-0.2, 0) is 31.3 Å². The molecule has 0 aliphatic carbocycles. The van der Waals surface area contributed by atoms with E-state index in [-0.39, 0.29) is 54.0 Å². The zero-order valence-corrected chi connectivity index (χ0v) is 19.3. The summed E-state index contributed by atoms with van der Waals surface area (Å²) in [5.41, 5.74) is 1.71. The van der Waals surface area contributed by atoms with Crippen molar-refractivity contribution in [3.8, 4) is 6.07 Å². The van der Waals surface area contributed by atoms with E-state index in [1.54, 1.807) is 23.1 Å². The van der Waals surface area contributed by atoms with E-state index in [2.05, 4.69) is 0 Å². The Kier molecular flexibility index (Phi) is 6.15. The smallest absolute Gasteiger partial charge is 0.244 e. The summed E-state index contributed by atoms with van der Waals surface area (Å²) in [5.74, 6) is -0.132. The molecular weight excluding hydrogens is 466 g/mol. The monoisotopic (exact) mass is 489 g/mol. The summed E-state index contributed by atoms with van der Waals surface area (Å²) in [4.78, 5) is 16.4. The lowest BCUT2D eigenvalue weighted by molar-refractivity contribution is -0.130. The Bertz CT molecular complexity index is 1340. The largest absolute Gasteiger partial charge is 0.362 e. The summed E-state index contributed by atoms with van der Waals surface area (Å²) >= 11 is 0. The molecule has 0 unspecified atom stereocenters. The number of carbonyl (C=O) groups is 1. The fraction of sp³-hybridized carbons (Fsp3) is 0.333. The number of amides is 1. The summed E-state index contributed by atoms with van der Waals surface area (Å²) in [6, 6.07) is 12.6. The van der Waals surface area contributed by atoms with Gasteiger partial charge < -0.3 is 9.80 Å². The van der Waals surface area contributed by atoms with Gasteiger partial charge >= 0.3 is 0 Å². The van der Waals surface area contributed by atoms with Crippen LogP contribution in [0.2, 0.25) is 0 Å². The fourth-order valence-corrected chi connectivity index (χ4v) is 6.28. The van der Waals surface area contributed by atoms with Crippen LogP contribution in [0.25, 0.3) is 0 Å². The van der Waals surface area contributed by atoms with Crippen LogP contribution < -0.4 is 10.0 Å². The first-order valence-corrected chi connectivity index (χ1v) is 13.3. The lowest BCUT2D eigenvalue weighted by atomic mass is 10.2. The molecule has 2 heterocycles. The number of hydrogen-bond acceptors (Lipinski definition) is 7. The third-order valence-electron chi connectivity index (χ3n) is 5.91. The molecule has 1 saturated heterocycles. The Hall–Kier alpha value is -2.98. The number of anilines is 1. The van der Waals surface area contributed by atoms with Gasteiger partial charge in [0.2, 0.25) is 26.0 Å². The van der Waals surface area contributed by atoms with Gasteiger partial charge in [-0.15, -0.1) is 0 Å². The van der Waals surface area contributed by atoms with Crippen molar-refractivity contribution in [2.75, 3.05) is 44.2 Å². The Labute approximate surface area is 192 Å². The predicted molar refractivity (Wildman–Crippen MR) is 120 cm³/mol. The van der Waals surface area contributed by atoms with Crippen molar-refractivity contribution in [2.45, 2.75) is 16.2 Å². The zero-order valence-electron chi connectivity index (χ0n) is 17.7. The van der Waals surface area contributed by atoms with Crippen LogP contribution in [-0.4, -0.2) is 71.2 Å². The summed E-state index contributed by atoms with van der Waals surface area (Å²) in [6.45, 7) is 1.47. The van der Waals surface area contributed by atoms with Gasteiger partial charge in [0.25, 0.3) is 0 Å².